The summed E-state index contributed by atoms with van der Waals surface area (Å²) in [7, 11) is 0. The van der Waals surface area contributed by atoms with Crippen molar-refractivity contribution in [2.45, 2.75) is 85.5 Å². The van der Waals surface area contributed by atoms with Gasteiger partial charge in [-0.2, -0.15) is 5.69 Å². The molecule has 3 rings (SSSR count). The van der Waals surface area contributed by atoms with Gasteiger partial charge < -0.3 is 25.3 Å². The molecule has 4 N–H and O–H groups in total. The van der Waals surface area contributed by atoms with Crippen LogP contribution in [0.25, 0.3) is 28.4 Å². The number of aromatic nitrogens is 4. The number of carbonyl (C=O) groups excluding carboxylic acids is 1. The van der Waals surface area contributed by atoms with Crippen LogP contribution in [0.2, 0.25) is 0 Å². The van der Waals surface area contributed by atoms with Crippen molar-refractivity contribution in [3.8, 4) is 0 Å². The average molecular weight is 693 g/mol. The van der Waals surface area contributed by atoms with E-state index in [1.165, 1.54) is 6.92 Å². The minimum Gasteiger partial charge on any atom is -0.661 e. The molecule has 3 heterocycles. The Labute approximate surface area is 287 Å². The number of allylic oxidation sites excluding steroid dienone is 4. The molecule has 0 radical (unpaired) electrons. The van der Waals surface area contributed by atoms with Crippen LogP contribution >= 0.6 is 0 Å². The Morgan fingerprint density at radius 3 is 2.28 bits per heavy atom. The third kappa shape index (κ3) is 9.13. The minimum atomic E-state index is -1.26. The second kappa shape index (κ2) is 17.0. The van der Waals surface area contributed by atoms with Crippen LogP contribution in [0.3, 0.4) is 0 Å². The summed E-state index contributed by atoms with van der Waals surface area (Å²) in [6.45, 7) is 19.0. The van der Waals surface area contributed by atoms with Crippen LogP contribution in [0.15, 0.2) is 37.4 Å². The SMILES string of the molecule is C=CC(=C)c1cc2nc(c/c(=C\C)[n-]/c(=C(\C)C(=O)O)c(CC(=O)O)c3nc(cc(CC)[n-]1)[C@@H](C)C3CCC(=O)[OH2+])C(CC)=C2C.[Zn+2]. The monoisotopic (exact) mass is 691 g/mol. The van der Waals surface area contributed by atoms with Crippen LogP contribution in [0.4, 0.5) is 0 Å². The molecule has 0 amide bonds. The van der Waals surface area contributed by atoms with Gasteiger partial charge in [-0.1, -0.05) is 64.6 Å². The van der Waals surface area contributed by atoms with Gasteiger partial charge in [0, 0.05) is 33.6 Å². The first kappa shape index (κ1) is 38.8. The van der Waals surface area contributed by atoms with Crippen LogP contribution in [0, 0.1) is 0 Å². The molecule has 0 aliphatic carbocycles. The molecule has 0 fully saturated rings. The Morgan fingerprint density at radius 1 is 1.06 bits per heavy atom. The van der Waals surface area contributed by atoms with Gasteiger partial charge in [-0.05, 0) is 55.9 Å². The number of fused-ring (bicyclic) bond motifs is 4. The minimum absolute atomic E-state index is 0. The van der Waals surface area contributed by atoms with Gasteiger partial charge in [-0.25, -0.2) is 9.78 Å². The van der Waals surface area contributed by atoms with E-state index in [-0.39, 0.29) is 54.7 Å². The Balaban J connectivity index is 0.00000768. The van der Waals surface area contributed by atoms with Crippen LogP contribution < -0.4 is 20.7 Å². The van der Waals surface area contributed by atoms with Crippen molar-refractivity contribution < 1.29 is 49.2 Å². The molecule has 2 aliphatic rings. The zero-order valence-electron chi connectivity index (χ0n) is 28.1. The Bertz CT molecular complexity index is 1830. The molecule has 1 aromatic rings. The van der Waals surface area contributed by atoms with Crippen molar-refractivity contribution in [3.05, 3.63) is 87.9 Å². The van der Waals surface area contributed by atoms with E-state index in [0.717, 1.165) is 11.1 Å². The molecule has 0 spiro atoms. The number of carboxylic acid groups (broad SMARTS) is 2. The molecule has 0 aromatic carbocycles. The summed E-state index contributed by atoms with van der Waals surface area (Å²) in [6.07, 6.45) is 4.13. The van der Waals surface area contributed by atoms with Crippen molar-refractivity contribution in [1.82, 2.24) is 19.9 Å². The number of hydrogen-bond donors (Lipinski definition) is 2. The second-order valence-electron chi connectivity index (χ2n) is 11.3. The Morgan fingerprint density at radius 2 is 1.74 bits per heavy atom. The number of aryl methyl sites for hydroxylation is 1. The smallest absolute Gasteiger partial charge is 0.661 e. The molecule has 10 nitrogen and oxygen atoms in total. The summed E-state index contributed by atoms with van der Waals surface area (Å²) >= 11 is 0. The Kier molecular flexibility index (Phi) is 14.0. The zero-order valence-corrected chi connectivity index (χ0v) is 31.1. The van der Waals surface area contributed by atoms with E-state index >= 15 is 0 Å². The van der Waals surface area contributed by atoms with Gasteiger partial charge in [0.15, 0.2) is 0 Å². The topological polar surface area (TPSA) is 169 Å². The largest absolute Gasteiger partial charge is 2.00 e. The number of nitrogens with zero attached hydrogens (tertiary/aromatic N) is 4. The first-order chi connectivity index (χ1) is 21.8. The predicted molar refractivity (Wildman–Crippen MR) is 179 cm³/mol. The summed E-state index contributed by atoms with van der Waals surface area (Å²) in [5.41, 5.74) is 6.05. The van der Waals surface area contributed by atoms with Gasteiger partial charge in [0.05, 0.1) is 17.8 Å². The van der Waals surface area contributed by atoms with Gasteiger partial charge >= 0.3 is 37.4 Å². The molecule has 244 valence electrons. The van der Waals surface area contributed by atoms with Gasteiger partial charge in [0.25, 0.3) is 0 Å². The standard InChI is InChI=1S/C36H43N4O6.Zn/c1-9-19(5)28-18-30-20(6)25(12-4)31(39-30)16-24(11-3)38-34(22(8)36(45)46)27(17-33(43)44)35-26(13-14-32(41)42)21(7)29(40-35)15-23(10-2)37-28;/h9,11,15-16,18,21,26H,1,5,10,12-14,17H2,2-4,6-8H3,(H4,37,39,40,41,42,43,44,45,46);/q-1;+2/b24-11+,31-16?,34-22+,35-27?;/t21-,26?;/m0./s1. The number of rotatable bonds is 10. The van der Waals surface area contributed by atoms with Crippen LogP contribution in [0.1, 0.15) is 112 Å². The van der Waals surface area contributed by atoms with Gasteiger partial charge in [0.2, 0.25) is 0 Å². The van der Waals surface area contributed by atoms with E-state index < -0.39 is 30.2 Å². The molecule has 0 saturated heterocycles. The van der Waals surface area contributed by atoms with Gasteiger partial charge in [-0.15, -0.1) is 22.5 Å². The molecular formula is C36H43N4O6Zn+. The third-order valence-corrected chi connectivity index (χ3v) is 8.30. The number of aliphatic carboxylic acids is 2. The average Bonchev–Trinajstić information content (AvgIpc) is 3.48. The fourth-order valence-electron chi connectivity index (χ4n) is 5.57. The molecule has 2 aliphatic heterocycles. The van der Waals surface area contributed by atoms with E-state index in [1.807, 2.05) is 39.8 Å². The van der Waals surface area contributed by atoms with E-state index in [0.29, 0.717) is 57.9 Å². The normalized spacial score (nSPS) is 16.3. The maximum absolute atomic E-state index is 12.4. The van der Waals surface area contributed by atoms with Crippen molar-refractivity contribution in [2.24, 2.45) is 0 Å². The summed E-state index contributed by atoms with van der Waals surface area (Å²) in [5.74, 6) is -3.98. The number of carboxylic acids is 2. The van der Waals surface area contributed by atoms with Crippen LogP contribution in [-0.4, -0.2) is 43.2 Å². The van der Waals surface area contributed by atoms with Crippen molar-refractivity contribution in [3.63, 3.8) is 0 Å². The van der Waals surface area contributed by atoms with Crippen molar-refractivity contribution >= 4 is 46.3 Å². The molecular weight excluding hydrogens is 650 g/mol. The number of carbonyl (C=O) groups is 3. The maximum Gasteiger partial charge on any atom is 2.00 e. The van der Waals surface area contributed by atoms with Crippen molar-refractivity contribution in [1.29, 1.82) is 0 Å². The first-order valence-corrected chi connectivity index (χ1v) is 15.3. The number of hydrogen-bond acceptors (Lipinski definition) is 5. The summed E-state index contributed by atoms with van der Waals surface area (Å²) in [4.78, 5) is 56.0. The summed E-state index contributed by atoms with van der Waals surface area (Å²) < 4.78 is 0. The fourth-order valence-corrected chi connectivity index (χ4v) is 5.57. The van der Waals surface area contributed by atoms with E-state index in [4.69, 9.17) is 25.0 Å². The predicted octanol–water partition coefficient (Wildman–Crippen LogP) is 4.09. The molecule has 0 saturated carbocycles. The third-order valence-electron chi connectivity index (χ3n) is 8.30. The van der Waals surface area contributed by atoms with Crippen LogP contribution in [0.5, 0.6) is 0 Å². The van der Waals surface area contributed by atoms with E-state index in [2.05, 4.69) is 13.2 Å². The zero-order chi connectivity index (χ0) is 34.3. The summed E-state index contributed by atoms with van der Waals surface area (Å²) in [6, 6.07) is 5.47. The van der Waals surface area contributed by atoms with Crippen LogP contribution in [-0.2, 0) is 46.7 Å². The second-order valence-corrected chi connectivity index (χ2v) is 11.3. The molecule has 2 atom stereocenters. The first-order valence-electron chi connectivity index (χ1n) is 15.3. The van der Waals surface area contributed by atoms with Gasteiger partial charge in [0.1, 0.15) is 6.42 Å². The quantitative estimate of drug-likeness (QED) is 0.208. The Hall–Kier alpha value is -4.37. The molecule has 11 heteroatoms. The molecule has 47 heavy (non-hydrogen) atoms. The molecule has 1 unspecified atom stereocenters. The van der Waals surface area contributed by atoms with E-state index in [1.54, 1.807) is 25.1 Å². The van der Waals surface area contributed by atoms with Gasteiger partial charge in [-0.3, -0.25) is 9.78 Å². The molecule has 4 bridgehead atoms. The fraction of sp³-hybridized carbons (Fsp3) is 0.361. The summed E-state index contributed by atoms with van der Waals surface area (Å²) in [5, 5.41) is 28.1. The molecule has 1 aromatic heterocycles. The van der Waals surface area contributed by atoms with Crippen molar-refractivity contribution in [2.75, 3.05) is 0 Å². The van der Waals surface area contributed by atoms with E-state index in [9.17, 15) is 24.6 Å². The maximum atomic E-state index is 12.4.